The van der Waals surface area contributed by atoms with Crippen molar-refractivity contribution in [2.24, 2.45) is 4.99 Å². The molecule has 0 amide bonds. The molecule has 30 heavy (non-hydrogen) atoms. The molecule has 2 N–H and O–H groups in total. The van der Waals surface area contributed by atoms with Crippen LogP contribution in [0.25, 0.3) is 5.69 Å². The molecule has 7 nitrogen and oxygen atoms in total. The summed E-state index contributed by atoms with van der Waals surface area (Å²) in [7, 11) is 0. The van der Waals surface area contributed by atoms with Crippen molar-refractivity contribution in [3.05, 3.63) is 64.9 Å². The first-order valence-corrected chi connectivity index (χ1v) is 11.4. The zero-order chi connectivity index (χ0) is 20.6. The number of rotatable bonds is 8. The topological polar surface area (TPSA) is 70.4 Å². The second kappa shape index (κ2) is 10.4. The van der Waals surface area contributed by atoms with Crippen LogP contribution in [0.1, 0.15) is 36.2 Å². The van der Waals surface area contributed by atoms with Gasteiger partial charge in [0.05, 0.1) is 18.3 Å². The summed E-state index contributed by atoms with van der Waals surface area (Å²) < 4.78 is 1.75. The van der Waals surface area contributed by atoms with Crippen molar-refractivity contribution in [1.29, 1.82) is 0 Å². The first-order valence-electron chi connectivity index (χ1n) is 10.6. The predicted octanol–water partition coefficient (Wildman–Crippen LogP) is 3.22. The number of likely N-dealkylation sites (tertiary alicyclic amines) is 1. The molecule has 158 valence electrons. The molecule has 1 aliphatic heterocycles. The summed E-state index contributed by atoms with van der Waals surface area (Å²) in [6, 6.07) is 13.0. The molecule has 1 aliphatic rings. The first-order chi connectivity index (χ1) is 14.8. The monoisotopic (exact) mass is 423 g/mol. The molecule has 1 fully saturated rings. The van der Waals surface area contributed by atoms with Crippen molar-refractivity contribution < 1.29 is 0 Å². The molecule has 1 unspecified atom stereocenters. The molecule has 3 aromatic rings. The highest BCUT2D eigenvalue weighted by Crippen LogP contribution is 2.27. The van der Waals surface area contributed by atoms with Crippen LogP contribution in [0.5, 0.6) is 0 Å². The van der Waals surface area contributed by atoms with Gasteiger partial charge in [0.1, 0.15) is 12.7 Å². The lowest BCUT2D eigenvalue weighted by atomic mass is 10.2. The minimum Gasteiger partial charge on any atom is -0.357 e. The van der Waals surface area contributed by atoms with Crippen LogP contribution in [0.15, 0.2) is 59.4 Å². The average Bonchev–Trinajstić information content (AvgIpc) is 3.56. The van der Waals surface area contributed by atoms with E-state index in [1.807, 2.05) is 23.5 Å². The van der Waals surface area contributed by atoms with E-state index in [-0.39, 0.29) is 0 Å². The van der Waals surface area contributed by atoms with Crippen LogP contribution in [0, 0.1) is 0 Å². The Kier molecular flexibility index (Phi) is 7.10. The normalized spacial score (nSPS) is 16.0. The van der Waals surface area contributed by atoms with Crippen LogP contribution in [-0.2, 0) is 6.54 Å². The highest BCUT2D eigenvalue weighted by molar-refractivity contribution is 7.10. The van der Waals surface area contributed by atoms with Gasteiger partial charge in [-0.2, -0.15) is 5.10 Å². The Bertz CT molecular complexity index is 898. The summed E-state index contributed by atoms with van der Waals surface area (Å²) in [5.41, 5.74) is 2.15. The van der Waals surface area contributed by atoms with Gasteiger partial charge in [-0.15, -0.1) is 11.3 Å². The standard InChI is InChI=1S/C22H29N7S/c1-2-24-22(25-14-18-7-9-19(10-8-18)29-17-23-16-27-29)26-15-20(21-6-5-13-30-21)28-11-3-4-12-28/h5-10,13,16-17,20H,2-4,11-12,14-15H2,1H3,(H2,24,25,26). The van der Waals surface area contributed by atoms with Gasteiger partial charge in [0, 0.05) is 18.0 Å². The van der Waals surface area contributed by atoms with E-state index in [0.717, 1.165) is 30.3 Å². The van der Waals surface area contributed by atoms with E-state index >= 15 is 0 Å². The number of benzene rings is 1. The summed E-state index contributed by atoms with van der Waals surface area (Å²) >= 11 is 1.84. The fraction of sp³-hybridized carbons (Fsp3) is 0.409. The maximum Gasteiger partial charge on any atom is 0.191 e. The number of hydrogen-bond donors (Lipinski definition) is 2. The van der Waals surface area contributed by atoms with E-state index < -0.39 is 0 Å². The van der Waals surface area contributed by atoms with Crippen LogP contribution < -0.4 is 10.6 Å². The van der Waals surface area contributed by atoms with Gasteiger partial charge in [-0.05, 0) is 62.0 Å². The van der Waals surface area contributed by atoms with E-state index in [1.54, 1.807) is 11.0 Å². The largest absolute Gasteiger partial charge is 0.357 e. The van der Waals surface area contributed by atoms with Gasteiger partial charge in [0.2, 0.25) is 0 Å². The lowest BCUT2D eigenvalue weighted by molar-refractivity contribution is 0.249. The fourth-order valence-electron chi connectivity index (χ4n) is 3.74. The van der Waals surface area contributed by atoms with Gasteiger partial charge in [0.15, 0.2) is 5.96 Å². The summed E-state index contributed by atoms with van der Waals surface area (Å²) in [5.74, 6) is 0.860. The SMILES string of the molecule is CCNC(=NCc1ccc(-n2cncn2)cc1)NCC(c1cccs1)N1CCCC1. The highest BCUT2D eigenvalue weighted by atomic mass is 32.1. The molecule has 0 bridgehead atoms. The fourth-order valence-corrected chi connectivity index (χ4v) is 4.61. The summed E-state index contributed by atoms with van der Waals surface area (Å²) in [4.78, 5) is 12.8. The zero-order valence-electron chi connectivity index (χ0n) is 17.4. The predicted molar refractivity (Wildman–Crippen MR) is 122 cm³/mol. The minimum atomic E-state index is 0.401. The van der Waals surface area contributed by atoms with Crippen LogP contribution in [0.4, 0.5) is 0 Å². The third-order valence-electron chi connectivity index (χ3n) is 5.30. The van der Waals surface area contributed by atoms with Crippen molar-refractivity contribution in [2.75, 3.05) is 26.2 Å². The number of nitrogens with one attached hydrogen (secondary N) is 2. The third-order valence-corrected chi connectivity index (χ3v) is 6.27. The Morgan fingerprint density at radius 1 is 1.17 bits per heavy atom. The molecule has 0 spiro atoms. The maximum absolute atomic E-state index is 4.80. The summed E-state index contributed by atoms with van der Waals surface area (Å²) in [6.45, 7) is 6.77. The zero-order valence-corrected chi connectivity index (χ0v) is 18.2. The Morgan fingerprint density at radius 2 is 2.00 bits per heavy atom. The second-order valence-electron chi connectivity index (χ2n) is 7.36. The Labute approximate surface area is 181 Å². The molecule has 3 heterocycles. The van der Waals surface area contributed by atoms with Crippen LogP contribution in [-0.4, -0.2) is 51.8 Å². The lowest BCUT2D eigenvalue weighted by Crippen LogP contribution is -2.42. The molecule has 1 atom stereocenters. The van der Waals surface area contributed by atoms with Gasteiger partial charge in [0.25, 0.3) is 0 Å². The van der Waals surface area contributed by atoms with E-state index in [1.165, 1.54) is 37.1 Å². The molecule has 8 heteroatoms. The van der Waals surface area contributed by atoms with Gasteiger partial charge in [-0.3, -0.25) is 4.90 Å². The molecule has 0 radical (unpaired) electrons. The van der Waals surface area contributed by atoms with E-state index in [2.05, 4.69) is 62.2 Å². The van der Waals surface area contributed by atoms with Crippen LogP contribution in [0.3, 0.4) is 0 Å². The number of nitrogens with zero attached hydrogens (tertiary/aromatic N) is 5. The number of guanidine groups is 1. The van der Waals surface area contributed by atoms with E-state index in [0.29, 0.717) is 12.6 Å². The Morgan fingerprint density at radius 3 is 2.67 bits per heavy atom. The highest BCUT2D eigenvalue weighted by Gasteiger charge is 2.24. The smallest absolute Gasteiger partial charge is 0.191 e. The maximum atomic E-state index is 4.80. The number of thiophene rings is 1. The molecular weight excluding hydrogens is 394 g/mol. The Balaban J connectivity index is 1.39. The average molecular weight is 424 g/mol. The molecule has 0 aliphatic carbocycles. The molecular formula is C22H29N7S. The lowest BCUT2D eigenvalue weighted by Gasteiger charge is -2.27. The van der Waals surface area contributed by atoms with E-state index in [9.17, 15) is 0 Å². The van der Waals surface area contributed by atoms with Crippen LogP contribution in [0.2, 0.25) is 0 Å². The van der Waals surface area contributed by atoms with Crippen molar-refractivity contribution in [3.8, 4) is 5.69 Å². The molecule has 0 saturated carbocycles. The van der Waals surface area contributed by atoms with Crippen molar-refractivity contribution >= 4 is 17.3 Å². The molecule has 4 rings (SSSR count). The number of aliphatic imine (C=N–C) groups is 1. The minimum absolute atomic E-state index is 0.401. The van der Waals surface area contributed by atoms with Gasteiger partial charge in [-0.1, -0.05) is 18.2 Å². The summed E-state index contributed by atoms with van der Waals surface area (Å²) in [5, 5.41) is 13.3. The number of aromatic nitrogens is 3. The van der Waals surface area contributed by atoms with Gasteiger partial charge >= 0.3 is 0 Å². The van der Waals surface area contributed by atoms with Gasteiger partial charge in [-0.25, -0.2) is 14.7 Å². The van der Waals surface area contributed by atoms with Crippen molar-refractivity contribution in [2.45, 2.75) is 32.4 Å². The van der Waals surface area contributed by atoms with E-state index in [4.69, 9.17) is 4.99 Å². The first kappa shape index (κ1) is 20.6. The molecule has 2 aromatic heterocycles. The van der Waals surface area contributed by atoms with Crippen molar-refractivity contribution in [3.63, 3.8) is 0 Å². The van der Waals surface area contributed by atoms with Crippen LogP contribution >= 0.6 is 11.3 Å². The van der Waals surface area contributed by atoms with Gasteiger partial charge < -0.3 is 10.6 Å². The quantitative estimate of drug-likeness (QED) is 0.430. The Hall–Kier alpha value is -2.71. The van der Waals surface area contributed by atoms with Crippen molar-refractivity contribution in [1.82, 2.24) is 30.3 Å². The summed E-state index contributed by atoms with van der Waals surface area (Å²) in [6.07, 6.45) is 5.82. The molecule has 1 saturated heterocycles. The molecule has 1 aromatic carbocycles. The second-order valence-corrected chi connectivity index (χ2v) is 8.34. The third kappa shape index (κ3) is 5.25. The number of hydrogen-bond acceptors (Lipinski definition) is 5.